The Morgan fingerprint density at radius 2 is 0.776 bits per heavy atom. The number of rotatable bonds is 0. The number of hydrogen-bond acceptors (Lipinski definition) is 2. The summed E-state index contributed by atoms with van der Waals surface area (Å²) in [7, 11) is 0. The summed E-state index contributed by atoms with van der Waals surface area (Å²) in [6, 6.07) is 19.4. The van der Waals surface area contributed by atoms with Crippen LogP contribution in [-0.2, 0) is 10.8 Å². The molecule has 5 aromatic carbocycles. The minimum Gasteiger partial charge on any atom is -0.308 e. The fourth-order valence-electron chi connectivity index (χ4n) is 13.2. The second-order valence-electron chi connectivity index (χ2n) is 21.4. The molecule has 0 unspecified atom stereocenters. The number of nitrogens with zero attached hydrogens (tertiary/aromatic N) is 2. The summed E-state index contributed by atoms with van der Waals surface area (Å²) in [5, 5.41) is 10.4. The number of benzene rings is 5. The van der Waals surface area contributed by atoms with Gasteiger partial charge < -0.3 is 8.80 Å². The molecule has 2 fully saturated rings. The average molecular weight is 761 g/mol. The van der Waals surface area contributed by atoms with Crippen LogP contribution in [0.15, 0.2) is 48.5 Å². The molecule has 0 amide bonds. The van der Waals surface area contributed by atoms with Gasteiger partial charge in [0.05, 0.1) is 33.1 Å². The maximum Gasteiger partial charge on any atom is 0.166 e. The molecule has 0 N–H and O–H groups in total. The molecule has 6 aliphatic carbocycles. The number of carbonyl (C=O) groups is 2. The van der Waals surface area contributed by atoms with Crippen LogP contribution in [0.2, 0.25) is 0 Å². The lowest BCUT2D eigenvalue weighted by atomic mass is 9.82. The number of aryl methyl sites for hydroxylation is 2. The average Bonchev–Trinajstić information content (AvgIpc) is 3.84. The normalized spacial score (nSPS) is 22.7. The topological polar surface area (TPSA) is 43.0 Å². The number of aromatic nitrogens is 2. The Labute approximate surface area is 339 Å². The summed E-state index contributed by atoms with van der Waals surface area (Å²) in [6.07, 6.45) is 8.55. The molecule has 0 aliphatic heterocycles. The zero-order valence-electron chi connectivity index (χ0n) is 35.3. The quantitative estimate of drug-likeness (QED) is 0.154. The number of hydrogen-bond donors (Lipinski definition) is 0. The third-order valence-corrected chi connectivity index (χ3v) is 16.3. The molecule has 4 nitrogen and oxygen atoms in total. The largest absolute Gasteiger partial charge is 0.308 e. The van der Waals surface area contributed by atoms with E-state index in [1.54, 1.807) is 0 Å². The van der Waals surface area contributed by atoms with E-state index in [0.717, 1.165) is 62.5 Å². The first-order valence-corrected chi connectivity index (χ1v) is 22.3. The Morgan fingerprint density at radius 3 is 1.14 bits per heavy atom. The Balaban J connectivity index is 1.25. The Morgan fingerprint density at radius 1 is 0.431 bits per heavy atom. The van der Waals surface area contributed by atoms with E-state index >= 15 is 0 Å². The second kappa shape index (κ2) is 10.6. The van der Waals surface area contributed by atoms with Crippen molar-refractivity contribution in [2.75, 3.05) is 0 Å². The van der Waals surface area contributed by atoms with Gasteiger partial charge in [0, 0.05) is 66.1 Å². The number of ketones is 2. The van der Waals surface area contributed by atoms with Crippen molar-refractivity contribution in [3.63, 3.8) is 0 Å². The smallest absolute Gasteiger partial charge is 0.166 e. The Kier molecular flexibility index (Phi) is 6.21. The van der Waals surface area contributed by atoms with E-state index in [4.69, 9.17) is 0 Å². The van der Waals surface area contributed by atoms with Gasteiger partial charge in [-0.3, -0.25) is 9.59 Å². The van der Waals surface area contributed by atoms with Crippen LogP contribution in [0.3, 0.4) is 0 Å². The van der Waals surface area contributed by atoms with Gasteiger partial charge in [0.25, 0.3) is 0 Å². The predicted molar refractivity (Wildman–Crippen MR) is 241 cm³/mol. The van der Waals surface area contributed by atoms with Gasteiger partial charge in [0.15, 0.2) is 11.6 Å². The van der Waals surface area contributed by atoms with Crippen LogP contribution in [0.4, 0.5) is 0 Å². The molecule has 15 rings (SSSR count). The highest BCUT2D eigenvalue weighted by Gasteiger charge is 2.39. The van der Waals surface area contributed by atoms with Gasteiger partial charge in [-0.2, -0.15) is 0 Å². The fraction of sp³-hybridized carbons (Fsp3) is 0.407. The van der Waals surface area contributed by atoms with Gasteiger partial charge in [-0.15, -0.1) is 0 Å². The Hall–Kier alpha value is -4.96. The number of carbonyl (C=O) groups excluding carboxylic acids is 2. The highest BCUT2D eigenvalue weighted by molar-refractivity contribution is 6.32. The molecule has 4 heteroatoms. The van der Waals surface area contributed by atoms with Crippen LogP contribution in [0.1, 0.15) is 159 Å². The third kappa shape index (κ3) is 3.99. The molecule has 4 bridgehead atoms. The van der Waals surface area contributed by atoms with Crippen molar-refractivity contribution < 1.29 is 9.59 Å². The van der Waals surface area contributed by atoms with E-state index in [1.807, 2.05) is 0 Å². The van der Waals surface area contributed by atoms with Crippen LogP contribution < -0.4 is 0 Å². The van der Waals surface area contributed by atoms with Crippen molar-refractivity contribution >= 4 is 87.8 Å². The van der Waals surface area contributed by atoms with Crippen molar-refractivity contribution in [1.82, 2.24) is 8.80 Å². The zero-order chi connectivity index (χ0) is 39.6. The van der Waals surface area contributed by atoms with Crippen LogP contribution in [0.25, 0.3) is 76.2 Å². The van der Waals surface area contributed by atoms with E-state index in [0.29, 0.717) is 23.4 Å². The first kappa shape index (κ1) is 34.0. The SMILES string of the molecule is Cc1c2c3cc(C(C)(C)C)cc4c5cc6c(cc5n(c2c(C)c2c5cc(C(C)(C)C)cc7c8cc9c(cc8n(c12)c75)C(=O)C1CCC9CC1)c43)C(=O)C1CCC6CC1. The van der Waals surface area contributed by atoms with Gasteiger partial charge in [0.2, 0.25) is 0 Å². The summed E-state index contributed by atoms with van der Waals surface area (Å²) < 4.78 is 5.13. The number of fused-ring (bicyclic) bond motifs is 16. The first-order chi connectivity index (χ1) is 27.7. The lowest BCUT2D eigenvalue weighted by Gasteiger charge is -2.22. The van der Waals surface area contributed by atoms with Crippen LogP contribution >= 0.6 is 0 Å². The van der Waals surface area contributed by atoms with E-state index < -0.39 is 0 Å². The molecule has 0 radical (unpaired) electrons. The fourth-order valence-corrected chi connectivity index (χ4v) is 13.2. The van der Waals surface area contributed by atoms with Gasteiger partial charge in [-0.1, -0.05) is 41.5 Å². The molecule has 0 saturated heterocycles. The molecule has 58 heavy (non-hydrogen) atoms. The molecule has 4 heterocycles. The van der Waals surface area contributed by atoms with E-state index in [2.05, 4.69) is 113 Å². The molecule has 9 aromatic rings. The van der Waals surface area contributed by atoms with Crippen molar-refractivity contribution in [3.05, 3.63) is 93.0 Å². The first-order valence-electron chi connectivity index (χ1n) is 22.3. The summed E-state index contributed by atoms with van der Waals surface area (Å²) in [5.41, 5.74) is 17.1. The third-order valence-electron chi connectivity index (χ3n) is 16.3. The van der Waals surface area contributed by atoms with Gasteiger partial charge in [0.1, 0.15) is 0 Å². The van der Waals surface area contributed by atoms with E-state index in [1.165, 1.54) is 110 Å². The zero-order valence-corrected chi connectivity index (χ0v) is 35.3. The van der Waals surface area contributed by atoms with E-state index in [9.17, 15) is 9.59 Å². The van der Waals surface area contributed by atoms with Crippen molar-refractivity contribution in [2.45, 2.75) is 129 Å². The lowest BCUT2D eigenvalue weighted by molar-refractivity contribution is 0.0891. The number of Topliss-reactive ketones (excluding diaryl/α,β-unsaturated/α-hetero) is 2. The predicted octanol–water partition coefficient (Wildman–Crippen LogP) is 14.1. The molecular formula is C54H52N2O2. The van der Waals surface area contributed by atoms with Gasteiger partial charge >= 0.3 is 0 Å². The highest BCUT2D eigenvalue weighted by atomic mass is 16.1. The molecule has 4 aromatic heterocycles. The van der Waals surface area contributed by atoms with Crippen LogP contribution in [-0.4, -0.2) is 20.4 Å². The van der Waals surface area contributed by atoms with Crippen molar-refractivity contribution in [3.8, 4) is 0 Å². The molecule has 2 saturated carbocycles. The summed E-state index contributed by atoms with van der Waals surface area (Å²) in [5.74, 6) is 1.97. The summed E-state index contributed by atoms with van der Waals surface area (Å²) >= 11 is 0. The molecular weight excluding hydrogens is 709 g/mol. The summed E-state index contributed by atoms with van der Waals surface area (Å²) in [6.45, 7) is 18.7. The minimum atomic E-state index is -0.0476. The molecule has 0 spiro atoms. The summed E-state index contributed by atoms with van der Waals surface area (Å²) in [4.78, 5) is 28.5. The van der Waals surface area contributed by atoms with Gasteiger partial charge in [-0.25, -0.2) is 0 Å². The van der Waals surface area contributed by atoms with Crippen LogP contribution in [0, 0.1) is 25.7 Å². The molecule has 6 aliphatic rings. The second-order valence-corrected chi connectivity index (χ2v) is 21.4. The maximum absolute atomic E-state index is 14.2. The lowest BCUT2D eigenvalue weighted by Crippen LogP contribution is -2.15. The highest BCUT2D eigenvalue weighted by Crippen LogP contribution is 2.53. The minimum absolute atomic E-state index is 0.0476. The Bertz CT molecular complexity index is 3150. The molecule has 0 atom stereocenters. The monoisotopic (exact) mass is 760 g/mol. The van der Waals surface area contributed by atoms with Crippen molar-refractivity contribution in [1.29, 1.82) is 0 Å². The maximum atomic E-state index is 14.2. The standard InChI is InChI=1S/C54H52N2O2/c1-25-45-41-19-31(53(3,4)5)17-37-36-22-34-28-11-15-30(16-12-28)52(58)40(34)24-44(36)56(49(37)41)48(45)26(2)46-42-20-32(54(6,7)8)18-38-35-21-33-27-9-13-29(14-10-27)51(57)39(33)23-43(35)55(47(25)46)50(38)42/h17-24,27-30H,9-16H2,1-8H3. The van der Waals surface area contributed by atoms with Crippen molar-refractivity contribution in [2.24, 2.45) is 11.8 Å². The van der Waals surface area contributed by atoms with Crippen LogP contribution in [0.5, 0.6) is 0 Å². The molecule has 290 valence electrons. The van der Waals surface area contributed by atoms with Gasteiger partial charge in [-0.05, 0) is 170 Å². The van der Waals surface area contributed by atoms with E-state index in [-0.39, 0.29) is 22.7 Å².